The van der Waals surface area contributed by atoms with Crippen LogP contribution in [-0.2, 0) is 19.2 Å². The summed E-state index contributed by atoms with van der Waals surface area (Å²) in [7, 11) is 0. The summed E-state index contributed by atoms with van der Waals surface area (Å²) in [5.74, 6) is -3.22. The van der Waals surface area contributed by atoms with E-state index >= 15 is 0 Å². The Morgan fingerprint density at radius 1 is 0.788 bits per heavy atom. The highest BCUT2D eigenvalue weighted by Gasteiger charge is 2.33. The number of hydrogen-bond donors (Lipinski definition) is 6. The molecule has 0 spiro atoms. The van der Waals surface area contributed by atoms with Gasteiger partial charge in [-0.3, -0.25) is 14.4 Å². The van der Waals surface area contributed by atoms with Crippen molar-refractivity contribution in [3.63, 3.8) is 0 Å². The zero-order valence-corrected chi connectivity index (χ0v) is 21.0. The van der Waals surface area contributed by atoms with E-state index in [9.17, 15) is 24.3 Å². The van der Waals surface area contributed by atoms with Crippen LogP contribution in [0.15, 0.2) is 0 Å². The molecule has 8 N–H and O–H groups in total. The first kappa shape index (κ1) is 30.8. The maximum Gasteiger partial charge on any atom is 0.326 e. The van der Waals surface area contributed by atoms with Crippen LogP contribution in [0.3, 0.4) is 0 Å². The molecular formula is C23H45N5O5. The second-order valence-corrected chi connectivity index (χ2v) is 9.20. The molecule has 0 saturated heterocycles. The Bertz CT molecular complexity index is 643. The number of nitrogens with one attached hydrogen (secondary N) is 3. The Hall–Kier alpha value is -2.20. The van der Waals surface area contributed by atoms with Crippen LogP contribution in [-0.4, -0.2) is 59.5 Å². The van der Waals surface area contributed by atoms with Crippen LogP contribution in [0.25, 0.3) is 0 Å². The van der Waals surface area contributed by atoms with Gasteiger partial charge in [-0.1, -0.05) is 54.4 Å². The molecule has 0 aromatic heterocycles. The molecule has 10 heteroatoms. The second kappa shape index (κ2) is 15.6. The largest absolute Gasteiger partial charge is 0.480 e. The third-order valence-electron chi connectivity index (χ3n) is 6.17. The molecule has 0 radical (unpaired) electrons. The molecule has 0 bridgehead atoms. The lowest BCUT2D eigenvalue weighted by Gasteiger charge is -2.29. The van der Waals surface area contributed by atoms with Crippen LogP contribution in [0.2, 0.25) is 0 Å². The number of rotatable bonds is 16. The number of hydrogen-bond acceptors (Lipinski definition) is 6. The van der Waals surface area contributed by atoms with Crippen LogP contribution in [0, 0.1) is 17.8 Å². The Balaban J connectivity index is 5.62. The minimum absolute atomic E-state index is 0.103. The van der Waals surface area contributed by atoms with Gasteiger partial charge in [0.2, 0.25) is 17.7 Å². The first-order chi connectivity index (χ1) is 15.4. The smallest absolute Gasteiger partial charge is 0.326 e. The Labute approximate surface area is 198 Å². The summed E-state index contributed by atoms with van der Waals surface area (Å²) in [6.07, 6.45) is 2.72. The van der Waals surface area contributed by atoms with Crippen LogP contribution >= 0.6 is 0 Å². The predicted molar refractivity (Wildman–Crippen MR) is 128 cm³/mol. The molecule has 6 unspecified atom stereocenters. The number of carboxylic acid groups (broad SMARTS) is 1. The monoisotopic (exact) mass is 471 g/mol. The van der Waals surface area contributed by atoms with Crippen LogP contribution in [0.1, 0.15) is 73.6 Å². The molecule has 0 aliphatic carbocycles. The molecular weight excluding hydrogens is 426 g/mol. The number of carboxylic acids is 1. The third kappa shape index (κ3) is 10.5. The van der Waals surface area contributed by atoms with E-state index in [0.29, 0.717) is 38.6 Å². The molecule has 0 saturated carbocycles. The molecule has 10 nitrogen and oxygen atoms in total. The zero-order valence-electron chi connectivity index (χ0n) is 21.0. The summed E-state index contributed by atoms with van der Waals surface area (Å²) >= 11 is 0. The lowest BCUT2D eigenvalue weighted by molar-refractivity contribution is -0.144. The van der Waals surface area contributed by atoms with Crippen molar-refractivity contribution in [2.24, 2.45) is 29.2 Å². The summed E-state index contributed by atoms with van der Waals surface area (Å²) in [6.45, 7) is 11.4. The zero-order chi connectivity index (χ0) is 25.7. The minimum atomic E-state index is -1.13. The Morgan fingerprint density at radius 2 is 1.30 bits per heavy atom. The van der Waals surface area contributed by atoms with E-state index < -0.39 is 47.9 Å². The van der Waals surface area contributed by atoms with Gasteiger partial charge in [0.05, 0.1) is 6.04 Å². The van der Waals surface area contributed by atoms with E-state index in [1.807, 2.05) is 34.6 Å². The fourth-order valence-electron chi connectivity index (χ4n) is 3.21. The van der Waals surface area contributed by atoms with E-state index in [2.05, 4.69) is 16.0 Å². The van der Waals surface area contributed by atoms with Gasteiger partial charge in [0.25, 0.3) is 0 Å². The standard InChI is InChI=1S/C23H45N5O5/c1-7-14(5)18(27-21(30)17(25)13(3)4)22(31)26-16(11-9-10-12-24)20(29)28-19(23(32)33)15(6)8-2/h13-19H,7-12,24-25H2,1-6H3,(H,26,31)(H,27,30)(H,28,29)(H,32,33). The van der Waals surface area contributed by atoms with Gasteiger partial charge >= 0.3 is 5.97 Å². The highest BCUT2D eigenvalue weighted by Crippen LogP contribution is 2.12. The number of aliphatic carboxylic acids is 1. The van der Waals surface area contributed by atoms with Crippen molar-refractivity contribution in [2.75, 3.05) is 6.54 Å². The van der Waals surface area contributed by atoms with E-state index in [0.717, 1.165) is 0 Å². The summed E-state index contributed by atoms with van der Waals surface area (Å²) in [5.41, 5.74) is 11.5. The molecule has 3 amide bonds. The van der Waals surface area contributed by atoms with Crippen molar-refractivity contribution in [1.29, 1.82) is 0 Å². The fourth-order valence-corrected chi connectivity index (χ4v) is 3.21. The van der Waals surface area contributed by atoms with E-state index in [-0.39, 0.29) is 17.8 Å². The number of carbonyl (C=O) groups is 4. The first-order valence-corrected chi connectivity index (χ1v) is 12.0. The van der Waals surface area contributed by atoms with Crippen molar-refractivity contribution in [3.05, 3.63) is 0 Å². The summed E-state index contributed by atoms with van der Waals surface area (Å²) in [4.78, 5) is 50.2. The highest BCUT2D eigenvalue weighted by molar-refractivity contribution is 5.94. The molecule has 33 heavy (non-hydrogen) atoms. The normalized spacial score (nSPS) is 16.8. The predicted octanol–water partition coefficient (Wildman–Crippen LogP) is 0.730. The SMILES string of the molecule is CCC(C)C(NC(=O)C(CCCCN)NC(=O)C(NC(=O)C(N)C(C)C)C(C)CC)C(=O)O. The van der Waals surface area contributed by atoms with Crippen molar-refractivity contribution < 1.29 is 24.3 Å². The summed E-state index contributed by atoms with van der Waals surface area (Å²) in [5, 5.41) is 17.5. The first-order valence-electron chi connectivity index (χ1n) is 12.0. The molecule has 0 aromatic rings. The molecule has 0 rings (SSSR count). The number of unbranched alkanes of at least 4 members (excludes halogenated alkanes) is 1. The average Bonchev–Trinajstić information content (AvgIpc) is 2.77. The van der Waals surface area contributed by atoms with Gasteiger partial charge < -0.3 is 32.5 Å². The second-order valence-electron chi connectivity index (χ2n) is 9.20. The van der Waals surface area contributed by atoms with Crippen molar-refractivity contribution >= 4 is 23.7 Å². The van der Waals surface area contributed by atoms with Crippen LogP contribution in [0.4, 0.5) is 0 Å². The van der Waals surface area contributed by atoms with Crippen molar-refractivity contribution in [3.8, 4) is 0 Å². The van der Waals surface area contributed by atoms with Crippen LogP contribution in [0.5, 0.6) is 0 Å². The van der Waals surface area contributed by atoms with E-state index in [4.69, 9.17) is 11.5 Å². The average molecular weight is 472 g/mol. The van der Waals surface area contributed by atoms with Crippen molar-refractivity contribution in [1.82, 2.24) is 16.0 Å². The van der Waals surface area contributed by atoms with E-state index in [1.165, 1.54) is 0 Å². The topological polar surface area (TPSA) is 177 Å². The number of carbonyl (C=O) groups excluding carboxylic acids is 3. The molecule has 0 aliphatic heterocycles. The van der Waals surface area contributed by atoms with Gasteiger partial charge in [-0.2, -0.15) is 0 Å². The molecule has 0 fully saturated rings. The van der Waals surface area contributed by atoms with Gasteiger partial charge in [0, 0.05) is 0 Å². The molecule has 0 aliphatic rings. The van der Waals surface area contributed by atoms with Crippen LogP contribution < -0.4 is 27.4 Å². The molecule has 0 aromatic carbocycles. The Morgan fingerprint density at radius 3 is 1.76 bits per heavy atom. The van der Waals surface area contributed by atoms with Gasteiger partial charge in [0.15, 0.2) is 0 Å². The maximum atomic E-state index is 13.1. The fraction of sp³-hybridized carbons (Fsp3) is 0.826. The summed E-state index contributed by atoms with van der Waals surface area (Å²) in [6, 6.07) is -3.65. The highest BCUT2D eigenvalue weighted by atomic mass is 16.4. The lowest BCUT2D eigenvalue weighted by Crippen LogP contribution is -2.59. The quantitative estimate of drug-likeness (QED) is 0.180. The molecule has 6 atom stereocenters. The van der Waals surface area contributed by atoms with Gasteiger partial charge in [-0.05, 0) is 43.6 Å². The summed E-state index contributed by atoms with van der Waals surface area (Å²) < 4.78 is 0. The number of nitrogens with two attached hydrogens (primary N) is 2. The van der Waals surface area contributed by atoms with Gasteiger partial charge in [-0.25, -0.2) is 4.79 Å². The maximum absolute atomic E-state index is 13.1. The number of amides is 3. The minimum Gasteiger partial charge on any atom is -0.480 e. The third-order valence-corrected chi connectivity index (χ3v) is 6.17. The van der Waals surface area contributed by atoms with Gasteiger partial charge in [0.1, 0.15) is 18.1 Å². The van der Waals surface area contributed by atoms with Gasteiger partial charge in [-0.15, -0.1) is 0 Å². The molecule has 0 heterocycles. The van der Waals surface area contributed by atoms with E-state index in [1.54, 1.807) is 6.92 Å². The Kier molecular flexibility index (Phi) is 14.6. The molecule has 192 valence electrons. The lowest BCUT2D eigenvalue weighted by atomic mass is 9.95. The van der Waals surface area contributed by atoms with Crippen molar-refractivity contribution in [2.45, 2.75) is 97.8 Å².